The number of nitrogens with zero attached hydrogens (tertiary/aromatic N) is 1. The van der Waals surface area contributed by atoms with Crippen molar-refractivity contribution in [2.45, 2.75) is 19.9 Å². The summed E-state index contributed by atoms with van der Waals surface area (Å²) in [6.07, 6.45) is -2.65. The van der Waals surface area contributed by atoms with Gasteiger partial charge in [0, 0.05) is 12.1 Å². The van der Waals surface area contributed by atoms with Crippen LogP contribution in [0.4, 0.5) is 8.78 Å². The van der Waals surface area contributed by atoms with Gasteiger partial charge < -0.3 is 10.5 Å². The summed E-state index contributed by atoms with van der Waals surface area (Å²) in [7, 11) is 1.20. The topological polar surface area (TPSA) is 65.2 Å². The molecule has 0 bridgehead atoms. The van der Waals surface area contributed by atoms with Crippen LogP contribution in [0.5, 0.6) is 0 Å². The van der Waals surface area contributed by atoms with E-state index in [4.69, 9.17) is 5.73 Å². The Hall–Kier alpha value is -1.56. The average molecular weight is 230 g/mol. The number of aromatic nitrogens is 1. The van der Waals surface area contributed by atoms with Gasteiger partial charge in [0.25, 0.3) is 6.43 Å². The van der Waals surface area contributed by atoms with Crippen LogP contribution in [0.1, 0.15) is 33.7 Å². The maximum absolute atomic E-state index is 12.7. The van der Waals surface area contributed by atoms with E-state index in [1.54, 1.807) is 0 Å². The lowest BCUT2D eigenvalue weighted by Gasteiger charge is -2.11. The lowest BCUT2D eigenvalue weighted by Crippen LogP contribution is -2.13. The van der Waals surface area contributed by atoms with E-state index in [9.17, 15) is 13.6 Å². The molecule has 0 aliphatic carbocycles. The summed E-state index contributed by atoms with van der Waals surface area (Å²) in [5.41, 5.74) is 5.40. The molecule has 0 spiro atoms. The Kier molecular flexibility index (Phi) is 3.89. The molecule has 0 saturated carbocycles. The molecular weight excluding hydrogens is 218 g/mol. The molecule has 0 atom stereocenters. The van der Waals surface area contributed by atoms with Crippen molar-refractivity contribution in [3.05, 3.63) is 28.6 Å². The number of halogens is 2. The van der Waals surface area contributed by atoms with Crippen LogP contribution in [0.3, 0.4) is 0 Å². The number of carbonyl (C=O) groups excluding carboxylic acids is 1. The van der Waals surface area contributed by atoms with E-state index in [-0.39, 0.29) is 29.1 Å². The number of hydrogen-bond donors (Lipinski definition) is 1. The van der Waals surface area contributed by atoms with Gasteiger partial charge in [0.1, 0.15) is 5.69 Å². The van der Waals surface area contributed by atoms with Crippen molar-refractivity contribution in [3.63, 3.8) is 0 Å². The summed E-state index contributed by atoms with van der Waals surface area (Å²) >= 11 is 0. The van der Waals surface area contributed by atoms with Crippen molar-refractivity contribution in [3.8, 4) is 0 Å². The predicted octanol–water partition coefficient (Wildman–Crippen LogP) is 1.57. The minimum atomic E-state index is -2.65. The first kappa shape index (κ1) is 12.5. The fourth-order valence-corrected chi connectivity index (χ4v) is 1.41. The van der Waals surface area contributed by atoms with Gasteiger partial charge in [-0.2, -0.15) is 0 Å². The number of pyridine rings is 1. The molecular formula is C10H12F2N2O2. The first-order valence-corrected chi connectivity index (χ1v) is 4.58. The summed E-state index contributed by atoms with van der Waals surface area (Å²) in [6, 6.07) is 1.27. The molecule has 2 N–H and O–H groups in total. The van der Waals surface area contributed by atoms with Crippen molar-refractivity contribution < 1.29 is 18.3 Å². The number of rotatable bonds is 3. The Morgan fingerprint density at radius 2 is 2.25 bits per heavy atom. The Morgan fingerprint density at radius 3 is 2.69 bits per heavy atom. The summed E-state index contributed by atoms with van der Waals surface area (Å²) < 4.78 is 29.8. The third-order valence-corrected chi connectivity index (χ3v) is 2.15. The van der Waals surface area contributed by atoms with Crippen LogP contribution in [0.25, 0.3) is 0 Å². The van der Waals surface area contributed by atoms with Crippen LogP contribution in [0, 0.1) is 6.92 Å². The van der Waals surface area contributed by atoms with Crippen molar-refractivity contribution in [1.82, 2.24) is 4.98 Å². The molecule has 1 rings (SSSR count). The summed E-state index contributed by atoms with van der Waals surface area (Å²) in [6.45, 7) is 1.33. The Morgan fingerprint density at radius 1 is 1.62 bits per heavy atom. The van der Waals surface area contributed by atoms with Gasteiger partial charge in [-0.25, -0.2) is 18.6 Å². The zero-order valence-electron chi connectivity index (χ0n) is 8.96. The zero-order chi connectivity index (χ0) is 12.3. The Bertz CT molecular complexity index is 408. The molecule has 6 heteroatoms. The minimum absolute atomic E-state index is 0.00940. The number of aryl methyl sites for hydroxylation is 1. The summed E-state index contributed by atoms with van der Waals surface area (Å²) in [4.78, 5) is 15.0. The fraction of sp³-hybridized carbons (Fsp3) is 0.400. The largest absolute Gasteiger partial charge is 0.464 e. The maximum Gasteiger partial charge on any atom is 0.356 e. The van der Waals surface area contributed by atoms with E-state index in [1.165, 1.54) is 20.1 Å². The number of hydrogen-bond acceptors (Lipinski definition) is 4. The van der Waals surface area contributed by atoms with Crippen LogP contribution >= 0.6 is 0 Å². The number of methoxy groups -OCH3 is 1. The maximum atomic E-state index is 12.7. The van der Waals surface area contributed by atoms with Crippen LogP contribution < -0.4 is 5.73 Å². The molecule has 1 aromatic heterocycles. The third-order valence-electron chi connectivity index (χ3n) is 2.15. The molecule has 0 aromatic carbocycles. The summed E-state index contributed by atoms with van der Waals surface area (Å²) in [5.74, 6) is -0.668. The smallest absolute Gasteiger partial charge is 0.356 e. The van der Waals surface area contributed by atoms with Gasteiger partial charge in [0.2, 0.25) is 0 Å². The number of ether oxygens (including phenoxy) is 1. The standard InChI is InChI=1S/C10H12F2N2O2/c1-5-3-6(10(15)16-2)14-7(4-13)8(5)9(11)12/h3,9H,4,13H2,1-2H3. The number of carbonyl (C=O) groups is 1. The molecule has 0 fully saturated rings. The molecule has 88 valence electrons. The van der Waals surface area contributed by atoms with E-state index in [2.05, 4.69) is 9.72 Å². The SMILES string of the molecule is COC(=O)c1cc(C)c(C(F)F)c(CN)n1. The van der Waals surface area contributed by atoms with Gasteiger partial charge >= 0.3 is 5.97 Å². The quantitative estimate of drug-likeness (QED) is 0.800. The highest BCUT2D eigenvalue weighted by molar-refractivity contribution is 5.87. The van der Waals surface area contributed by atoms with Crippen LogP contribution in [0.2, 0.25) is 0 Å². The van der Waals surface area contributed by atoms with Gasteiger partial charge in [0.15, 0.2) is 0 Å². The van der Waals surface area contributed by atoms with E-state index >= 15 is 0 Å². The molecule has 16 heavy (non-hydrogen) atoms. The highest BCUT2D eigenvalue weighted by Gasteiger charge is 2.20. The second-order valence-corrected chi connectivity index (χ2v) is 3.18. The van der Waals surface area contributed by atoms with Crippen molar-refractivity contribution >= 4 is 5.97 Å². The second kappa shape index (κ2) is 4.98. The number of alkyl halides is 2. The molecule has 0 unspecified atom stereocenters. The van der Waals surface area contributed by atoms with Crippen LogP contribution in [0.15, 0.2) is 6.07 Å². The number of esters is 1. The van der Waals surface area contributed by atoms with Gasteiger partial charge in [-0.05, 0) is 18.6 Å². The molecule has 0 amide bonds. The van der Waals surface area contributed by atoms with E-state index in [0.29, 0.717) is 0 Å². The van der Waals surface area contributed by atoms with Crippen LogP contribution in [-0.2, 0) is 11.3 Å². The fourth-order valence-electron chi connectivity index (χ4n) is 1.41. The first-order valence-electron chi connectivity index (χ1n) is 4.58. The predicted molar refractivity (Wildman–Crippen MR) is 53.2 cm³/mol. The average Bonchev–Trinajstić information content (AvgIpc) is 2.26. The van der Waals surface area contributed by atoms with Crippen molar-refractivity contribution in [1.29, 1.82) is 0 Å². The molecule has 0 aliphatic heterocycles. The van der Waals surface area contributed by atoms with Crippen molar-refractivity contribution in [2.24, 2.45) is 5.73 Å². The van der Waals surface area contributed by atoms with Gasteiger partial charge in [-0.15, -0.1) is 0 Å². The van der Waals surface area contributed by atoms with Crippen LogP contribution in [-0.4, -0.2) is 18.1 Å². The first-order chi connectivity index (χ1) is 7.51. The minimum Gasteiger partial charge on any atom is -0.464 e. The monoisotopic (exact) mass is 230 g/mol. The lowest BCUT2D eigenvalue weighted by atomic mass is 10.1. The molecule has 0 radical (unpaired) electrons. The molecule has 0 aliphatic rings. The highest BCUT2D eigenvalue weighted by Crippen LogP contribution is 2.26. The van der Waals surface area contributed by atoms with E-state index in [1.807, 2.05) is 0 Å². The molecule has 0 saturated heterocycles. The Labute approximate surface area is 91.4 Å². The lowest BCUT2D eigenvalue weighted by molar-refractivity contribution is 0.0593. The van der Waals surface area contributed by atoms with E-state index in [0.717, 1.165) is 0 Å². The Balaban J connectivity index is 3.32. The zero-order valence-corrected chi connectivity index (χ0v) is 8.96. The normalized spacial score (nSPS) is 10.6. The third kappa shape index (κ3) is 2.33. The summed E-state index contributed by atoms with van der Waals surface area (Å²) in [5, 5.41) is 0. The second-order valence-electron chi connectivity index (χ2n) is 3.18. The number of nitrogens with two attached hydrogens (primary N) is 1. The van der Waals surface area contributed by atoms with Gasteiger partial charge in [-0.3, -0.25) is 0 Å². The molecule has 4 nitrogen and oxygen atoms in total. The molecule has 1 aromatic rings. The van der Waals surface area contributed by atoms with Crippen molar-refractivity contribution in [2.75, 3.05) is 7.11 Å². The van der Waals surface area contributed by atoms with Gasteiger partial charge in [-0.1, -0.05) is 0 Å². The van der Waals surface area contributed by atoms with Gasteiger partial charge in [0.05, 0.1) is 12.8 Å². The molecule has 1 heterocycles. The van der Waals surface area contributed by atoms with E-state index < -0.39 is 12.4 Å². The highest BCUT2D eigenvalue weighted by atomic mass is 19.3.